The highest BCUT2D eigenvalue weighted by Crippen LogP contribution is 2.13. The number of Topliss-reactive ketones (excluding diaryl/α,β-unsaturated/α-hetero) is 1. The molecule has 47 heavy (non-hydrogen) atoms. The number of carboxylic acid groups (broad SMARTS) is 4. The van der Waals surface area contributed by atoms with Crippen LogP contribution in [-0.2, 0) is 38.4 Å². The highest BCUT2D eigenvalue weighted by Gasteiger charge is 2.26. The molecule has 0 saturated carbocycles. The Bertz CT molecular complexity index is 1030. The molecular formula is C32H53N3O12. The second-order valence-corrected chi connectivity index (χ2v) is 11.8. The van der Waals surface area contributed by atoms with Gasteiger partial charge in [0.1, 0.15) is 23.9 Å². The number of ketones is 1. The minimum atomic E-state index is -1.49. The Morgan fingerprint density at radius 3 is 0.979 bits per heavy atom. The van der Waals surface area contributed by atoms with Gasteiger partial charge in [-0.25, -0.2) is 14.4 Å². The average molecular weight is 672 g/mol. The number of carbonyl (C=O) groups excluding carboxylic acids is 4. The largest absolute Gasteiger partial charge is 0.481 e. The van der Waals surface area contributed by atoms with Gasteiger partial charge >= 0.3 is 23.9 Å². The molecule has 3 unspecified atom stereocenters. The zero-order chi connectivity index (χ0) is 35.6. The summed E-state index contributed by atoms with van der Waals surface area (Å²) in [7, 11) is 0. The smallest absolute Gasteiger partial charge is 0.326 e. The minimum Gasteiger partial charge on any atom is -0.481 e. The Kier molecular flexibility index (Phi) is 23.8. The van der Waals surface area contributed by atoms with E-state index < -0.39 is 72.6 Å². The van der Waals surface area contributed by atoms with Gasteiger partial charge in [0, 0.05) is 32.1 Å². The topological polar surface area (TPSA) is 254 Å². The van der Waals surface area contributed by atoms with Crippen molar-refractivity contribution in [2.75, 3.05) is 0 Å². The normalized spacial score (nSPS) is 12.7. The van der Waals surface area contributed by atoms with Crippen LogP contribution < -0.4 is 16.0 Å². The highest BCUT2D eigenvalue weighted by molar-refractivity contribution is 5.87. The summed E-state index contributed by atoms with van der Waals surface area (Å²) in [5.41, 5.74) is 0. The molecule has 0 aromatic heterocycles. The van der Waals surface area contributed by atoms with Gasteiger partial charge < -0.3 is 41.2 Å². The van der Waals surface area contributed by atoms with Gasteiger partial charge in [-0.3, -0.25) is 19.2 Å². The van der Waals surface area contributed by atoms with Crippen LogP contribution in [0.25, 0.3) is 0 Å². The van der Waals surface area contributed by atoms with Gasteiger partial charge in [0.25, 0.3) is 0 Å². The molecule has 0 aromatic carbocycles. The molecule has 0 saturated heterocycles. The number of rotatable bonds is 30. The highest BCUT2D eigenvalue weighted by atomic mass is 16.4. The van der Waals surface area contributed by atoms with Gasteiger partial charge in [0.2, 0.25) is 17.7 Å². The summed E-state index contributed by atoms with van der Waals surface area (Å²) in [5, 5.41) is 43.5. The van der Waals surface area contributed by atoms with Crippen molar-refractivity contribution < 1.29 is 58.8 Å². The number of aliphatic carboxylic acids is 4. The maximum atomic E-state index is 12.4. The van der Waals surface area contributed by atoms with Crippen molar-refractivity contribution in [3.05, 3.63) is 0 Å². The number of unbranched alkanes of at least 4 members (excludes halogenated alkanes) is 11. The van der Waals surface area contributed by atoms with Crippen molar-refractivity contribution in [3.8, 4) is 0 Å². The summed E-state index contributed by atoms with van der Waals surface area (Å²) >= 11 is 0. The molecular weight excluding hydrogens is 618 g/mol. The lowest BCUT2D eigenvalue weighted by Gasteiger charge is -2.18. The second-order valence-electron chi connectivity index (χ2n) is 11.8. The molecule has 0 aromatic rings. The van der Waals surface area contributed by atoms with Gasteiger partial charge in [-0.1, -0.05) is 64.2 Å². The fraction of sp³-hybridized carbons (Fsp3) is 0.750. The lowest BCUT2D eigenvalue weighted by Crippen LogP contribution is -2.45. The summed E-state index contributed by atoms with van der Waals surface area (Å²) in [4.78, 5) is 92.9. The van der Waals surface area contributed by atoms with Crippen LogP contribution in [-0.4, -0.2) is 85.9 Å². The summed E-state index contributed by atoms with van der Waals surface area (Å²) in [6.07, 6.45) is 10.5. The molecule has 15 nitrogen and oxygen atoms in total. The van der Waals surface area contributed by atoms with E-state index in [1.165, 1.54) is 6.92 Å². The van der Waals surface area contributed by atoms with E-state index in [1.807, 2.05) is 0 Å². The molecule has 3 atom stereocenters. The lowest BCUT2D eigenvalue weighted by atomic mass is 10.0. The van der Waals surface area contributed by atoms with Crippen molar-refractivity contribution >= 4 is 47.4 Å². The van der Waals surface area contributed by atoms with E-state index in [1.54, 1.807) is 0 Å². The van der Waals surface area contributed by atoms with Gasteiger partial charge in [-0.15, -0.1) is 0 Å². The molecule has 0 spiro atoms. The van der Waals surface area contributed by atoms with Crippen LogP contribution in [0.5, 0.6) is 0 Å². The summed E-state index contributed by atoms with van der Waals surface area (Å²) < 4.78 is 0. The van der Waals surface area contributed by atoms with Crippen molar-refractivity contribution in [2.24, 2.45) is 0 Å². The van der Waals surface area contributed by atoms with Crippen LogP contribution >= 0.6 is 0 Å². The van der Waals surface area contributed by atoms with Crippen molar-refractivity contribution in [3.63, 3.8) is 0 Å². The van der Waals surface area contributed by atoms with E-state index in [9.17, 15) is 53.7 Å². The number of nitrogens with one attached hydrogen (secondary N) is 3. The standard InChI is InChI=1S/C32H53N3O12/c1-22(36)16-17-23(30(42)43)34-27(38)21-19-25(32(46)47)35-28(39)20-18-24(31(44)45)33-26(37)14-12-10-8-6-4-2-3-5-7-9-11-13-15-29(40)41/h23-25H,2-21H2,1H3,(H,33,37)(H,34,38)(H,35,39)(H,40,41)(H,42,43)(H,44,45)(H,46,47). The minimum absolute atomic E-state index is 0.0633. The Balaban J connectivity index is 4.29. The van der Waals surface area contributed by atoms with E-state index in [-0.39, 0.29) is 44.3 Å². The van der Waals surface area contributed by atoms with E-state index in [4.69, 9.17) is 5.11 Å². The zero-order valence-corrected chi connectivity index (χ0v) is 27.4. The first-order valence-electron chi connectivity index (χ1n) is 16.5. The first-order valence-corrected chi connectivity index (χ1v) is 16.5. The maximum absolute atomic E-state index is 12.4. The fourth-order valence-electron chi connectivity index (χ4n) is 4.80. The Labute approximate surface area is 275 Å². The van der Waals surface area contributed by atoms with Crippen LogP contribution in [0.3, 0.4) is 0 Å². The van der Waals surface area contributed by atoms with E-state index in [2.05, 4.69) is 16.0 Å². The van der Waals surface area contributed by atoms with E-state index in [0.717, 1.165) is 70.6 Å². The first-order chi connectivity index (χ1) is 22.2. The number of hydrogen-bond donors (Lipinski definition) is 7. The van der Waals surface area contributed by atoms with Gasteiger partial charge in [0.05, 0.1) is 0 Å². The lowest BCUT2D eigenvalue weighted by molar-refractivity contribution is -0.144. The Hall–Kier alpha value is -4.04. The van der Waals surface area contributed by atoms with E-state index in [0.29, 0.717) is 6.42 Å². The second kappa shape index (κ2) is 26.1. The molecule has 0 aliphatic rings. The van der Waals surface area contributed by atoms with Crippen molar-refractivity contribution in [2.45, 2.75) is 153 Å². The third kappa shape index (κ3) is 24.8. The molecule has 7 N–H and O–H groups in total. The van der Waals surface area contributed by atoms with Crippen LogP contribution in [0, 0.1) is 0 Å². The van der Waals surface area contributed by atoms with Crippen LogP contribution in [0.4, 0.5) is 0 Å². The molecule has 0 aliphatic heterocycles. The monoisotopic (exact) mass is 671 g/mol. The molecule has 0 radical (unpaired) electrons. The molecule has 0 fully saturated rings. The van der Waals surface area contributed by atoms with Crippen LogP contribution in [0.1, 0.15) is 135 Å². The fourth-order valence-corrected chi connectivity index (χ4v) is 4.80. The number of carbonyl (C=O) groups is 8. The molecule has 15 heteroatoms. The summed E-state index contributed by atoms with van der Waals surface area (Å²) in [6.45, 7) is 1.28. The molecule has 3 amide bonds. The number of amides is 3. The van der Waals surface area contributed by atoms with Gasteiger partial charge in [-0.2, -0.15) is 0 Å². The molecule has 0 bridgehead atoms. The summed E-state index contributed by atoms with van der Waals surface area (Å²) in [5.74, 6) is -7.16. The van der Waals surface area contributed by atoms with Gasteiger partial charge in [0.15, 0.2) is 0 Å². The quantitative estimate of drug-likeness (QED) is 0.0544. The van der Waals surface area contributed by atoms with Crippen LogP contribution in [0.2, 0.25) is 0 Å². The molecule has 0 rings (SSSR count). The number of carboxylic acids is 4. The predicted molar refractivity (Wildman–Crippen MR) is 169 cm³/mol. The molecule has 0 heterocycles. The molecule has 0 aliphatic carbocycles. The maximum Gasteiger partial charge on any atom is 0.326 e. The first kappa shape index (κ1) is 43.0. The van der Waals surface area contributed by atoms with Gasteiger partial charge in [-0.05, 0) is 39.0 Å². The third-order valence-electron chi connectivity index (χ3n) is 7.55. The summed E-state index contributed by atoms with van der Waals surface area (Å²) in [6, 6.07) is -4.16. The Morgan fingerprint density at radius 1 is 0.404 bits per heavy atom. The van der Waals surface area contributed by atoms with Crippen molar-refractivity contribution in [1.29, 1.82) is 0 Å². The van der Waals surface area contributed by atoms with Crippen molar-refractivity contribution in [1.82, 2.24) is 16.0 Å². The predicted octanol–water partition coefficient (Wildman–Crippen LogP) is 3.17. The van der Waals surface area contributed by atoms with E-state index >= 15 is 0 Å². The molecule has 268 valence electrons. The SMILES string of the molecule is CC(=O)CCC(NC(=O)CCC(NC(=O)CCC(NC(=O)CCCCCCCCCCCCCCC(=O)O)C(=O)O)C(=O)O)C(=O)O. The number of hydrogen-bond acceptors (Lipinski definition) is 8. The third-order valence-corrected chi connectivity index (χ3v) is 7.55. The van der Waals surface area contributed by atoms with Crippen LogP contribution in [0.15, 0.2) is 0 Å². The average Bonchev–Trinajstić information content (AvgIpc) is 2.98. The zero-order valence-electron chi connectivity index (χ0n) is 27.4. The Morgan fingerprint density at radius 2 is 0.681 bits per heavy atom.